The Morgan fingerprint density at radius 1 is 1.24 bits per heavy atom. The number of hydrogen-bond acceptors (Lipinski definition) is 1. The molecule has 3 nitrogen and oxygen atoms in total. The number of hydrogen-bond donors (Lipinski definition) is 2. The van der Waals surface area contributed by atoms with Crippen molar-refractivity contribution in [2.24, 2.45) is 5.92 Å². The highest BCUT2D eigenvalue weighted by Gasteiger charge is 2.22. The molecule has 2 amide bonds. The zero-order chi connectivity index (χ0) is 12.3. The first-order valence-corrected chi connectivity index (χ1v) is 6.27. The lowest BCUT2D eigenvalue weighted by Gasteiger charge is -2.13. The molecule has 1 aromatic rings. The number of carbonyl (C=O) groups excluding carboxylic acids is 1. The van der Waals surface area contributed by atoms with E-state index in [1.807, 2.05) is 31.2 Å². The molecular formula is C14H20N2O. The summed E-state index contributed by atoms with van der Waals surface area (Å²) >= 11 is 0. The highest BCUT2D eigenvalue weighted by molar-refractivity contribution is 5.89. The van der Waals surface area contributed by atoms with Crippen molar-refractivity contribution in [3.63, 3.8) is 0 Å². The first-order valence-electron chi connectivity index (χ1n) is 6.27. The minimum absolute atomic E-state index is 0.0899. The van der Waals surface area contributed by atoms with Crippen LogP contribution < -0.4 is 10.6 Å². The van der Waals surface area contributed by atoms with Crippen LogP contribution in [0.2, 0.25) is 0 Å². The molecular weight excluding hydrogens is 212 g/mol. The number of nitrogens with one attached hydrogen (secondary N) is 2. The molecule has 0 spiro atoms. The third-order valence-corrected chi connectivity index (χ3v) is 3.34. The summed E-state index contributed by atoms with van der Waals surface area (Å²) in [6, 6.07) is 8.09. The van der Waals surface area contributed by atoms with Gasteiger partial charge in [-0.1, -0.05) is 24.6 Å². The van der Waals surface area contributed by atoms with Gasteiger partial charge in [-0.3, -0.25) is 0 Å². The van der Waals surface area contributed by atoms with E-state index < -0.39 is 0 Å². The van der Waals surface area contributed by atoms with Gasteiger partial charge in [-0.25, -0.2) is 4.79 Å². The second-order valence-electron chi connectivity index (χ2n) is 5.08. The van der Waals surface area contributed by atoms with E-state index in [1.165, 1.54) is 12.0 Å². The summed E-state index contributed by atoms with van der Waals surface area (Å²) in [5, 5.41) is 5.88. The van der Waals surface area contributed by atoms with Crippen LogP contribution in [-0.2, 0) is 0 Å². The number of amides is 2. The maximum atomic E-state index is 11.7. The maximum Gasteiger partial charge on any atom is 0.319 e. The Labute approximate surface area is 103 Å². The summed E-state index contributed by atoms with van der Waals surface area (Å²) in [7, 11) is 0. The molecule has 0 heterocycles. The minimum atomic E-state index is -0.0899. The van der Waals surface area contributed by atoms with E-state index in [1.54, 1.807) is 0 Å². The topological polar surface area (TPSA) is 41.1 Å². The molecule has 17 heavy (non-hydrogen) atoms. The fraction of sp³-hybridized carbons (Fsp3) is 0.500. The molecule has 1 saturated carbocycles. The summed E-state index contributed by atoms with van der Waals surface area (Å²) in [6.45, 7) is 4.27. The average Bonchev–Trinajstić information content (AvgIpc) is 2.67. The Kier molecular flexibility index (Phi) is 3.67. The van der Waals surface area contributed by atoms with Gasteiger partial charge in [-0.05, 0) is 44.2 Å². The third-order valence-electron chi connectivity index (χ3n) is 3.34. The van der Waals surface area contributed by atoms with Gasteiger partial charge in [-0.2, -0.15) is 0 Å². The maximum absolute atomic E-state index is 11.7. The molecule has 0 aliphatic heterocycles. The van der Waals surface area contributed by atoms with Gasteiger partial charge in [0.1, 0.15) is 0 Å². The summed E-state index contributed by atoms with van der Waals surface area (Å²) < 4.78 is 0. The third kappa shape index (κ3) is 3.48. The zero-order valence-electron chi connectivity index (χ0n) is 10.5. The molecule has 0 saturated heterocycles. The van der Waals surface area contributed by atoms with Crippen LogP contribution in [0.4, 0.5) is 10.5 Å². The Bertz CT molecular complexity index is 386. The lowest BCUT2D eigenvalue weighted by molar-refractivity contribution is 0.248. The first kappa shape index (κ1) is 12.0. The molecule has 1 aromatic carbocycles. The van der Waals surface area contributed by atoms with Crippen LogP contribution in [0.3, 0.4) is 0 Å². The number of carbonyl (C=O) groups is 1. The van der Waals surface area contributed by atoms with E-state index in [-0.39, 0.29) is 6.03 Å². The van der Waals surface area contributed by atoms with Crippen LogP contribution in [0.5, 0.6) is 0 Å². The molecule has 92 valence electrons. The predicted octanol–water partition coefficient (Wildman–Crippen LogP) is 3.31. The van der Waals surface area contributed by atoms with Crippen LogP contribution in [0.25, 0.3) is 0 Å². The number of anilines is 1. The lowest BCUT2D eigenvalue weighted by atomic mass is 10.1. The van der Waals surface area contributed by atoms with Crippen molar-refractivity contribution in [2.45, 2.75) is 39.2 Å². The number of aryl methyl sites for hydroxylation is 1. The van der Waals surface area contributed by atoms with Crippen molar-refractivity contribution in [1.82, 2.24) is 5.32 Å². The van der Waals surface area contributed by atoms with Gasteiger partial charge >= 0.3 is 6.03 Å². The van der Waals surface area contributed by atoms with Crippen molar-refractivity contribution in [1.29, 1.82) is 0 Å². The Hall–Kier alpha value is -1.51. The molecule has 3 heteroatoms. The van der Waals surface area contributed by atoms with Gasteiger partial charge in [-0.15, -0.1) is 0 Å². The molecule has 0 radical (unpaired) electrons. The van der Waals surface area contributed by atoms with Gasteiger partial charge in [0.2, 0.25) is 0 Å². The van der Waals surface area contributed by atoms with Crippen molar-refractivity contribution >= 4 is 11.7 Å². The van der Waals surface area contributed by atoms with E-state index in [2.05, 4.69) is 17.6 Å². The highest BCUT2D eigenvalue weighted by Crippen LogP contribution is 2.24. The summed E-state index contributed by atoms with van der Waals surface area (Å²) in [5.74, 6) is 0.736. The van der Waals surface area contributed by atoms with Crippen LogP contribution in [0.15, 0.2) is 24.3 Å². The van der Waals surface area contributed by atoms with Crippen molar-refractivity contribution in [3.05, 3.63) is 29.8 Å². The Morgan fingerprint density at radius 2 is 1.94 bits per heavy atom. The molecule has 0 aromatic heterocycles. The van der Waals surface area contributed by atoms with Crippen LogP contribution >= 0.6 is 0 Å². The minimum Gasteiger partial charge on any atom is -0.335 e. The van der Waals surface area contributed by atoms with Crippen LogP contribution in [0.1, 0.15) is 31.7 Å². The van der Waals surface area contributed by atoms with Gasteiger partial charge in [0.25, 0.3) is 0 Å². The van der Waals surface area contributed by atoms with Crippen molar-refractivity contribution < 1.29 is 4.79 Å². The quantitative estimate of drug-likeness (QED) is 0.807. The molecule has 2 atom stereocenters. The first-order chi connectivity index (χ1) is 8.13. The number of rotatable bonds is 2. The van der Waals surface area contributed by atoms with Crippen LogP contribution in [-0.4, -0.2) is 12.1 Å². The molecule has 2 N–H and O–H groups in total. The second-order valence-corrected chi connectivity index (χ2v) is 5.08. The van der Waals surface area contributed by atoms with Crippen LogP contribution in [0, 0.1) is 12.8 Å². The fourth-order valence-corrected chi connectivity index (χ4v) is 2.33. The van der Waals surface area contributed by atoms with E-state index >= 15 is 0 Å². The Balaban J connectivity index is 1.83. The smallest absolute Gasteiger partial charge is 0.319 e. The summed E-state index contributed by atoms with van der Waals surface area (Å²) in [6.07, 6.45) is 3.42. The van der Waals surface area contributed by atoms with E-state index in [0.717, 1.165) is 24.4 Å². The standard InChI is InChI=1S/C14H20N2O/c1-10-3-6-12(7-4-10)15-14(17)16-13-8-5-11(2)9-13/h3-4,6-7,11,13H,5,8-9H2,1-2H3,(H2,15,16,17). The Morgan fingerprint density at radius 3 is 2.53 bits per heavy atom. The molecule has 1 aliphatic rings. The largest absolute Gasteiger partial charge is 0.335 e. The lowest BCUT2D eigenvalue weighted by Crippen LogP contribution is -2.36. The second kappa shape index (κ2) is 5.21. The predicted molar refractivity (Wildman–Crippen MR) is 70.1 cm³/mol. The average molecular weight is 232 g/mol. The fourth-order valence-electron chi connectivity index (χ4n) is 2.33. The van der Waals surface area contributed by atoms with E-state index in [4.69, 9.17) is 0 Å². The van der Waals surface area contributed by atoms with E-state index in [9.17, 15) is 4.79 Å². The molecule has 0 bridgehead atoms. The van der Waals surface area contributed by atoms with Crippen molar-refractivity contribution in [3.8, 4) is 0 Å². The zero-order valence-corrected chi connectivity index (χ0v) is 10.5. The summed E-state index contributed by atoms with van der Waals surface area (Å²) in [4.78, 5) is 11.7. The molecule has 2 rings (SSSR count). The number of urea groups is 1. The summed E-state index contributed by atoms with van der Waals surface area (Å²) in [5.41, 5.74) is 2.04. The van der Waals surface area contributed by atoms with Crippen molar-refractivity contribution in [2.75, 3.05) is 5.32 Å². The SMILES string of the molecule is Cc1ccc(NC(=O)NC2CCC(C)C2)cc1. The highest BCUT2D eigenvalue weighted by atomic mass is 16.2. The molecule has 1 fully saturated rings. The monoisotopic (exact) mass is 232 g/mol. The van der Waals surface area contributed by atoms with Gasteiger partial charge < -0.3 is 10.6 Å². The molecule has 2 unspecified atom stereocenters. The van der Waals surface area contributed by atoms with Gasteiger partial charge in [0.15, 0.2) is 0 Å². The number of benzene rings is 1. The van der Waals surface area contributed by atoms with Gasteiger partial charge in [0.05, 0.1) is 0 Å². The normalized spacial score (nSPS) is 23.4. The van der Waals surface area contributed by atoms with Gasteiger partial charge in [0, 0.05) is 11.7 Å². The van der Waals surface area contributed by atoms with E-state index in [0.29, 0.717) is 6.04 Å². The molecule has 1 aliphatic carbocycles.